The molecule has 0 N–H and O–H groups in total. The molecule has 17 heavy (non-hydrogen) atoms. The molecule has 1 nitrogen and oxygen atoms in total. The van der Waals surface area contributed by atoms with Crippen LogP contribution in [0.5, 0.6) is 0 Å². The Labute approximate surface area is 102 Å². The van der Waals surface area contributed by atoms with Gasteiger partial charge in [-0.2, -0.15) is 0 Å². The second-order valence-corrected chi connectivity index (χ2v) is 4.48. The summed E-state index contributed by atoms with van der Waals surface area (Å²) in [5.74, 6) is 0. The van der Waals surface area contributed by atoms with E-state index in [0.29, 0.717) is 0 Å². The Balaban J connectivity index is 2.16. The van der Waals surface area contributed by atoms with Crippen molar-refractivity contribution in [3.05, 3.63) is 77.5 Å². The van der Waals surface area contributed by atoms with Gasteiger partial charge in [0, 0.05) is 25.4 Å². The van der Waals surface area contributed by atoms with Crippen molar-refractivity contribution in [2.24, 2.45) is 0 Å². The summed E-state index contributed by atoms with van der Waals surface area (Å²) in [7, 11) is 2.12. The molecule has 1 heteroatoms. The third-order valence-corrected chi connectivity index (χ3v) is 3.16. The fourth-order valence-electron chi connectivity index (χ4n) is 2.37. The molecule has 1 heterocycles. The predicted octanol–water partition coefficient (Wildman–Crippen LogP) is 3.52. The van der Waals surface area contributed by atoms with Crippen molar-refractivity contribution in [3.8, 4) is 0 Å². The third kappa shape index (κ3) is 1.84. The molecular formula is C16H15N. The van der Waals surface area contributed by atoms with Crippen LogP contribution in [0.4, 0.5) is 0 Å². The van der Waals surface area contributed by atoms with Gasteiger partial charge in [-0.3, -0.25) is 0 Å². The smallest absolute Gasteiger partial charge is 0.0427 e. The van der Waals surface area contributed by atoms with Crippen molar-refractivity contribution >= 4 is 5.57 Å². The van der Waals surface area contributed by atoms with Gasteiger partial charge in [-0.05, 0) is 16.7 Å². The van der Waals surface area contributed by atoms with Gasteiger partial charge in [0.25, 0.3) is 0 Å². The van der Waals surface area contributed by atoms with E-state index >= 15 is 0 Å². The minimum absolute atomic E-state index is 0.993. The van der Waals surface area contributed by atoms with Crippen LogP contribution in [0.25, 0.3) is 5.57 Å². The second-order valence-electron chi connectivity index (χ2n) is 4.48. The average Bonchev–Trinajstić information content (AvgIpc) is 2.39. The van der Waals surface area contributed by atoms with Crippen LogP contribution in [0.2, 0.25) is 0 Å². The molecule has 0 amide bonds. The molecule has 0 aliphatic carbocycles. The number of hydrogen-bond donors (Lipinski definition) is 0. The summed E-state index contributed by atoms with van der Waals surface area (Å²) in [6.07, 6.45) is 2.23. The Kier molecular flexibility index (Phi) is 2.45. The van der Waals surface area contributed by atoms with Crippen molar-refractivity contribution in [2.45, 2.75) is 6.54 Å². The van der Waals surface area contributed by atoms with Crippen LogP contribution < -0.4 is 0 Å². The lowest BCUT2D eigenvalue weighted by Gasteiger charge is -2.25. The average molecular weight is 221 g/mol. The first kappa shape index (κ1) is 10.2. The molecular weight excluding hydrogens is 206 g/mol. The maximum Gasteiger partial charge on any atom is 0.0427 e. The monoisotopic (exact) mass is 221 g/mol. The van der Waals surface area contributed by atoms with E-state index in [0.717, 1.165) is 6.54 Å². The Morgan fingerprint density at radius 2 is 1.59 bits per heavy atom. The number of rotatable bonds is 1. The molecule has 1 aliphatic heterocycles. The molecule has 0 spiro atoms. The normalized spacial score (nSPS) is 14.2. The van der Waals surface area contributed by atoms with E-state index in [1.807, 2.05) is 0 Å². The Bertz CT molecular complexity index is 555. The standard InChI is InChI=1S/C16H15N/c1-17-11-14-9-5-6-10-15(14)16(12-17)13-7-3-2-4-8-13/h2-10,12H,11H2,1H3. The largest absolute Gasteiger partial charge is 0.376 e. The molecule has 84 valence electrons. The Morgan fingerprint density at radius 1 is 0.882 bits per heavy atom. The first-order valence-electron chi connectivity index (χ1n) is 5.90. The highest BCUT2D eigenvalue weighted by atomic mass is 15.1. The molecule has 3 rings (SSSR count). The topological polar surface area (TPSA) is 3.24 Å². The summed E-state index contributed by atoms with van der Waals surface area (Å²) in [5, 5.41) is 0. The number of benzene rings is 2. The van der Waals surface area contributed by atoms with Gasteiger partial charge in [-0.25, -0.2) is 0 Å². The molecule has 0 saturated heterocycles. The van der Waals surface area contributed by atoms with Crippen LogP contribution in [0.15, 0.2) is 60.8 Å². The van der Waals surface area contributed by atoms with E-state index < -0.39 is 0 Å². The van der Waals surface area contributed by atoms with E-state index in [1.165, 1.54) is 22.3 Å². The van der Waals surface area contributed by atoms with E-state index in [9.17, 15) is 0 Å². The molecule has 0 bridgehead atoms. The van der Waals surface area contributed by atoms with Crippen molar-refractivity contribution < 1.29 is 0 Å². The SMILES string of the molecule is CN1C=C(c2ccccc2)c2ccccc2C1. The second kappa shape index (κ2) is 4.10. The molecule has 0 saturated carbocycles. The van der Waals surface area contributed by atoms with E-state index in [2.05, 4.69) is 72.7 Å². The highest BCUT2D eigenvalue weighted by molar-refractivity contribution is 5.82. The van der Waals surface area contributed by atoms with Crippen LogP contribution in [-0.4, -0.2) is 11.9 Å². The van der Waals surface area contributed by atoms with E-state index in [1.54, 1.807) is 0 Å². The van der Waals surface area contributed by atoms with Crippen molar-refractivity contribution in [1.82, 2.24) is 4.90 Å². The van der Waals surface area contributed by atoms with Crippen LogP contribution in [0, 0.1) is 0 Å². The van der Waals surface area contributed by atoms with E-state index in [4.69, 9.17) is 0 Å². The van der Waals surface area contributed by atoms with Crippen LogP contribution in [0.1, 0.15) is 16.7 Å². The highest BCUT2D eigenvalue weighted by Crippen LogP contribution is 2.30. The lowest BCUT2D eigenvalue weighted by Crippen LogP contribution is -2.17. The fraction of sp³-hybridized carbons (Fsp3) is 0.125. The lowest BCUT2D eigenvalue weighted by molar-refractivity contribution is 0.446. The number of nitrogens with zero attached hydrogens (tertiary/aromatic N) is 1. The summed E-state index contributed by atoms with van der Waals surface area (Å²) in [6.45, 7) is 0.993. The molecule has 0 aromatic heterocycles. The van der Waals surface area contributed by atoms with Gasteiger partial charge >= 0.3 is 0 Å². The third-order valence-electron chi connectivity index (χ3n) is 3.16. The van der Waals surface area contributed by atoms with E-state index in [-0.39, 0.29) is 0 Å². The molecule has 2 aromatic rings. The zero-order chi connectivity index (χ0) is 11.7. The zero-order valence-corrected chi connectivity index (χ0v) is 9.93. The lowest BCUT2D eigenvalue weighted by atomic mass is 9.92. The molecule has 0 fully saturated rings. The van der Waals surface area contributed by atoms with Gasteiger partial charge in [-0.15, -0.1) is 0 Å². The van der Waals surface area contributed by atoms with Crippen molar-refractivity contribution in [1.29, 1.82) is 0 Å². The summed E-state index contributed by atoms with van der Waals surface area (Å²) in [5.41, 5.74) is 5.36. The van der Waals surface area contributed by atoms with Crippen molar-refractivity contribution in [2.75, 3.05) is 7.05 Å². The van der Waals surface area contributed by atoms with Gasteiger partial charge in [0.2, 0.25) is 0 Å². The Morgan fingerprint density at radius 3 is 2.41 bits per heavy atom. The van der Waals surface area contributed by atoms with Gasteiger partial charge in [-0.1, -0.05) is 54.6 Å². The van der Waals surface area contributed by atoms with Gasteiger partial charge in [0.15, 0.2) is 0 Å². The van der Waals surface area contributed by atoms with Gasteiger partial charge in [0.05, 0.1) is 0 Å². The van der Waals surface area contributed by atoms with Gasteiger partial charge < -0.3 is 4.90 Å². The summed E-state index contributed by atoms with van der Waals surface area (Å²) in [4.78, 5) is 2.24. The molecule has 1 aliphatic rings. The maximum absolute atomic E-state index is 2.24. The minimum Gasteiger partial charge on any atom is -0.376 e. The fourth-order valence-corrected chi connectivity index (χ4v) is 2.37. The van der Waals surface area contributed by atoms with Gasteiger partial charge in [0.1, 0.15) is 0 Å². The zero-order valence-electron chi connectivity index (χ0n) is 9.93. The molecule has 2 aromatic carbocycles. The quantitative estimate of drug-likeness (QED) is 0.712. The first-order valence-corrected chi connectivity index (χ1v) is 5.90. The highest BCUT2D eigenvalue weighted by Gasteiger charge is 2.15. The number of hydrogen-bond acceptors (Lipinski definition) is 1. The Hall–Kier alpha value is -2.02. The summed E-state index contributed by atoms with van der Waals surface area (Å²) < 4.78 is 0. The van der Waals surface area contributed by atoms with Crippen LogP contribution in [-0.2, 0) is 6.54 Å². The van der Waals surface area contributed by atoms with Crippen LogP contribution in [0.3, 0.4) is 0 Å². The maximum atomic E-state index is 2.24. The molecule has 0 unspecified atom stereocenters. The first-order chi connectivity index (χ1) is 8.34. The minimum atomic E-state index is 0.993. The number of fused-ring (bicyclic) bond motifs is 1. The van der Waals surface area contributed by atoms with Crippen molar-refractivity contribution in [3.63, 3.8) is 0 Å². The molecule has 0 atom stereocenters. The summed E-state index contributed by atoms with van der Waals surface area (Å²) >= 11 is 0. The summed E-state index contributed by atoms with van der Waals surface area (Å²) in [6, 6.07) is 19.2. The van der Waals surface area contributed by atoms with Crippen LogP contribution >= 0.6 is 0 Å². The predicted molar refractivity (Wildman–Crippen MR) is 71.4 cm³/mol. The molecule has 0 radical (unpaired) electrons.